The van der Waals surface area contributed by atoms with E-state index in [0.717, 1.165) is 0 Å². The predicted molar refractivity (Wildman–Crippen MR) is 74.5 cm³/mol. The molecule has 0 bridgehead atoms. The molecule has 1 aliphatic rings. The van der Waals surface area contributed by atoms with Crippen LogP contribution >= 0.6 is 0 Å². The molecule has 1 aromatic rings. The summed E-state index contributed by atoms with van der Waals surface area (Å²) in [7, 11) is 0. The van der Waals surface area contributed by atoms with E-state index in [-0.39, 0.29) is 11.8 Å². The highest BCUT2D eigenvalue weighted by Crippen LogP contribution is 2.41. The van der Waals surface area contributed by atoms with Crippen LogP contribution in [0.4, 0.5) is 5.69 Å². The zero-order chi connectivity index (χ0) is 14.0. The molecule has 0 saturated carbocycles. The summed E-state index contributed by atoms with van der Waals surface area (Å²) in [5.41, 5.74) is 0.710. The lowest BCUT2D eigenvalue weighted by atomic mass is 9.81. The summed E-state index contributed by atoms with van der Waals surface area (Å²) in [6.07, 6.45) is 7.00. The van der Waals surface area contributed by atoms with Crippen molar-refractivity contribution >= 4 is 17.5 Å². The summed E-state index contributed by atoms with van der Waals surface area (Å²) in [6.45, 7) is 3.91. The highest BCUT2D eigenvalue weighted by Gasteiger charge is 2.49. The van der Waals surface area contributed by atoms with Gasteiger partial charge in [0.25, 0.3) is 0 Å². The second kappa shape index (κ2) is 4.89. The minimum Gasteiger partial charge on any atom is -0.274 e. The van der Waals surface area contributed by atoms with E-state index in [0.29, 0.717) is 30.5 Å². The molecule has 19 heavy (non-hydrogen) atoms. The highest BCUT2D eigenvalue weighted by molar-refractivity contribution is 6.22. The number of carbonyl (C=O) groups excluding carboxylic acids is 2. The summed E-state index contributed by atoms with van der Waals surface area (Å²) in [6, 6.07) is 7.00. The molecule has 1 saturated heterocycles. The number of rotatable bonds is 3. The van der Waals surface area contributed by atoms with E-state index < -0.39 is 5.41 Å². The zero-order valence-electron chi connectivity index (χ0n) is 11.3. The maximum atomic E-state index is 12.6. The third kappa shape index (κ3) is 2.04. The molecule has 2 amide bonds. The van der Waals surface area contributed by atoms with Crippen molar-refractivity contribution in [3.8, 4) is 12.3 Å². The largest absolute Gasteiger partial charge is 0.274 e. The third-order valence-electron chi connectivity index (χ3n) is 4.02. The van der Waals surface area contributed by atoms with Crippen LogP contribution in [0.1, 0.15) is 38.7 Å². The van der Waals surface area contributed by atoms with Gasteiger partial charge in [0.05, 0.1) is 11.1 Å². The van der Waals surface area contributed by atoms with Crippen molar-refractivity contribution in [3.05, 3.63) is 29.8 Å². The van der Waals surface area contributed by atoms with Gasteiger partial charge < -0.3 is 0 Å². The number of hydrogen-bond donors (Lipinski definition) is 0. The number of nitrogens with zero attached hydrogens (tertiary/aromatic N) is 1. The minimum absolute atomic E-state index is 0.100. The smallest absolute Gasteiger partial charge is 0.240 e. The number of hydrogen-bond acceptors (Lipinski definition) is 2. The molecule has 1 heterocycles. The van der Waals surface area contributed by atoms with Crippen LogP contribution in [0.2, 0.25) is 0 Å². The van der Waals surface area contributed by atoms with Gasteiger partial charge in [-0.05, 0) is 31.0 Å². The molecule has 1 aromatic carbocycles. The lowest BCUT2D eigenvalue weighted by Crippen LogP contribution is -2.35. The summed E-state index contributed by atoms with van der Waals surface area (Å²) in [4.78, 5) is 26.0. The number of carbonyl (C=O) groups is 2. The second-order valence-electron chi connectivity index (χ2n) is 4.89. The van der Waals surface area contributed by atoms with Gasteiger partial charge in [0.2, 0.25) is 11.8 Å². The Bertz CT molecular complexity index is 564. The van der Waals surface area contributed by atoms with Crippen molar-refractivity contribution < 1.29 is 9.59 Å². The Labute approximate surface area is 113 Å². The van der Waals surface area contributed by atoms with Gasteiger partial charge in [0, 0.05) is 12.0 Å². The van der Waals surface area contributed by atoms with Crippen LogP contribution in [0, 0.1) is 17.8 Å². The second-order valence-corrected chi connectivity index (χ2v) is 4.89. The molecule has 1 aliphatic heterocycles. The first-order chi connectivity index (χ1) is 9.07. The van der Waals surface area contributed by atoms with Crippen LogP contribution in [0.25, 0.3) is 0 Å². The molecule has 3 nitrogen and oxygen atoms in total. The molecule has 0 radical (unpaired) electrons. The van der Waals surface area contributed by atoms with Crippen LogP contribution in [-0.2, 0) is 9.59 Å². The number of benzene rings is 1. The van der Waals surface area contributed by atoms with Crippen molar-refractivity contribution in [1.82, 2.24) is 0 Å². The molecule has 0 aromatic heterocycles. The van der Waals surface area contributed by atoms with E-state index in [1.165, 1.54) is 4.90 Å². The van der Waals surface area contributed by atoms with Crippen LogP contribution < -0.4 is 4.90 Å². The monoisotopic (exact) mass is 255 g/mol. The fourth-order valence-electron chi connectivity index (χ4n) is 2.59. The summed E-state index contributed by atoms with van der Waals surface area (Å²) >= 11 is 0. The van der Waals surface area contributed by atoms with Gasteiger partial charge in [-0.1, -0.05) is 25.8 Å². The van der Waals surface area contributed by atoms with Crippen LogP contribution in [0.5, 0.6) is 0 Å². The predicted octanol–water partition coefficient (Wildman–Crippen LogP) is 2.74. The molecule has 98 valence electrons. The van der Waals surface area contributed by atoms with Gasteiger partial charge in [-0.2, -0.15) is 0 Å². The molecular formula is C16H17NO2. The van der Waals surface area contributed by atoms with Gasteiger partial charge in [0.1, 0.15) is 0 Å². The zero-order valence-corrected chi connectivity index (χ0v) is 11.3. The van der Waals surface area contributed by atoms with Crippen LogP contribution in [0.3, 0.4) is 0 Å². The van der Waals surface area contributed by atoms with Gasteiger partial charge in [0.15, 0.2) is 0 Å². The van der Waals surface area contributed by atoms with Crippen molar-refractivity contribution in [2.45, 2.75) is 33.1 Å². The fraction of sp³-hybridized carbons (Fsp3) is 0.375. The Kier molecular flexibility index (Phi) is 3.44. The molecule has 0 unspecified atom stereocenters. The Morgan fingerprint density at radius 1 is 1.32 bits per heavy atom. The normalized spacial score (nSPS) is 17.6. The van der Waals surface area contributed by atoms with Gasteiger partial charge in [-0.25, -0.2) is 0 Å². The van der Waals surface area contributed by atoms with Gasteiger partial charge >= 0.3 is 0 Å². The average Bonchev–Trinajstić information content (AvgIpc) is 2.70. The maximum Gasteiger partial charge on any atom is 0.240 e. The van der Waals surface area contributed by atoms with E-state index in [2.05, 4.69) is 5.92 Å². The first-order valence-electron chi connectivity index (χ1n) is 6.52. The van der Waals surface area contributed by atoms with Crippen LogP contribution in [-0.4, -0.2) is 11.8 Å². The summed E-state index contributed by atoms with van der Waals surface area (Å²) in [5.74, 6) is 2.28. The summed E-state index contributed by atoms with van der Waals surface area (Å²) in [5, 5.41) is 0. The molecular weight excluding hydrogens is 238 g/mol. The topological polar surface area (TPSA) is 37.4 Å². The molecule has 1 fully saturated rings. The van der Waals surface area contributed by atoms with E-state index in [4.69, 9.17) is 6.42 Å². The molecule has 0 spiro atoms. The van der Waals surface area contributed by atoms with Crippen LogP contribution in [0.15, 0.2) is 24.3 Å². The molecule has 0 atom stereocenters. The molecule has 2 rings (SSSR count). The van der Waals surface area contributed by atoms with E-state index >= 15 is 0 Å². The number of terminal acetylenes is 1. The van der Waals surface area contributed by atoms with E-state index in [1.54, 1.807) is 24.3 Å². The number of imide groups is 1. The van der Waals surface area contributed by atoms with Gasteiger partial charge in [-0.3, -0.25) is 14.5 Å². The molecule has 0 N–H and O–H groups in total. The Balaban J connectivity index is 2.43. The first kappa shape index (κ1) is 13.4. The molecule has 0 aliphatic carbocycles. The van der Waals surface area contributed by atoms with Crippen molar-refractivity contribution in [3.63, 3.8) is 0 Å². The lowest BCUT2D eigenvalue weighted by molar-refractivity contribution is -0.126. The fourth-order valence-corrected chi connectivity index (χ4v) is 2.59. The lowest BCUT2D eigenvalue weighted by Gasteiger charge is -2.23. The summed E-state index contributed by atoms with van der Waals surface area (Å²) < 4.78 is 0. The minimum atomic E-state index is -0.538. The number of anilines is 1. The quantitative estimate of drug-likeness (QED) is 0.615. The Morgan fingerprint density at radius 2 is 2.00 bits per heavy atom. The van der Waals surface area contributed by atoms with Crippen molar-refractivity contribution in [1.29, 1.82) is 0 Å². The first-order valence-corrected chi connectivity index (χ1v) is 6.52. The average molecular weight is 255 g/mol. The van der Waals surface area contributed by atoms with E-state index in [9.17, 15) is 9.59 Å². The molecule has 3 heteroatoms. The number of amides is 2. The Morgan fingerprint density at radius 3 is 2.53 bits per heavy atom. The Hall–Kier alpha value is -2.08. The maximum absolute atomic E-state index is 12.6. The van der Waals surface area contributed by atoms with Crippen molar-refractivity contribution in [2.75, 3.05) is 4.90 Å². The van der Waals surface area contributed by atoms with Gasteiger partial charge in [-0.15, -0.1) is 6.42 Å². The SMILES string of the molecule is C#Cc1cccc(N2C(=O)CC(CC)(CC)C2=O)c1. The standard InChI is InChI=1S/C16H17NO2/c1-4-12-8-7-9-13(10-12)17-14(18)11-16(5-2,6-3)15(17)19/h1,7-10H,5-6,11H2,2-3H3. The highest BCUT2D eigenvalue weighted by atomic mass is 16.2. The van der Waals surface area contributed by atoms with Crippen molar-refractivity contribution in [2.24, 2.45) is 5.41 Å². The third-order valence-corrected chi connectivity index (χ3v) is 4.02. The van der Waals surface area contributed by atoms with E-state index in [1.807, 2.05) is 13.8 Å².